The molecule has 4 nitrogen and oxygen atoms in total. The molecule has 8 heteroatoms. The van der Waals surface area contributed by atoms with E-state index in [9.17, 15) is 22.8 Å². The van der Waals surface area contributed by atoms with Crippen molar-refractivity contribution in [1.82, 2.24) is 9.97 Å². The van der Waals surface area contributed by atoms with E-state index in [4.69, 9.17) is 11.6 Å². The van der Waals surface area contributed by atoms with Gasteiger partial charge >= 0.3 is 11.9 Å². The molecule has 0 aliphatic heterocycles. The molecule has 1 aromatic carbocycles. The van der Waals surface area contributed by atoms with E-state index in [0.29, 0.717) is 6.07 Å². The van der Waals surface area contributed by atoms with Crippen molar-refractivity contribution in [3.8, 4) is 0 Å². The monoisotopic (exact) mass is 338 g/mol. The Balaban J connectivity index is 0.00000102. The van der Waals surface area contributed by atoms with E-state index in [-0.39, 0.29) is 16.5 Å². The quantitative estimate of drug-likeness (QED) is 0.754. The van der Waals surface area contributed by atoms with E-state index < -0.39 is 28.0 Å². The Bertz CT molecular complexity index is 749. The Labute approximate surface area is 130 Å². The number of aromatic amines is 2. The van der Waals surface area contributed by atoms with Crippen molar-refractivity contribution in [3.63, 3.8) is 0 Å². The zero-order chi connectivity index (χ0) is 17.7. The van der Waals surface area contributed by atoms with E-state index in [1.807, 2.05) is 32.7 Å². The number of hydrogen-bond acceptors (Lipinski definition) is 2. The topological polar surface area (TPSA) is 65.7 Å². The van der Waals surface area contributed by atoms with Crippen molar-refractivity contribution < 1.29 is 13.2 Å². The highest BCUT2D eigenvalue weighted by atomic mass is 35.5. The second kappa shape index (κ2) is 8.03. The van der Waals surface area contributed by atoms with E-state index in [2.05, 4.69) is 4.98 Å². The summed E-state index contributed by atoms with van der Waals surface area (Å²) in [6.45, 7) is 9.30. The number of aryl methyl sites for hydroxylation is 1. The lowest BCUT2D eigenvalue weighted by atomic mass is 10.1. The molecule has 0 spiro atoms. The molecule has 0 aliphatic carbocycles. The average Bonchev–Trinajstić information content (AvgIpc) is 2.46. The van der Waals surface area contributed by atoms with Crippen LogP contribution in [0.3, 0.4) is 0 Å². The number of nitrogens with one attached hydrogen (secondary N) is 2. The normalized spacial score (nSPS) is 10.4. The van der Waals surface area contributed by atoms with Crippen molar-refractivity contribution in [2.75, 3.05) is 0 Å². The van der Waals surface area contributed by atoms with Gasteiger partial charge in [-0.2, -0.15) is 13.2 Å². The van der Waals surface area contributed by atoms with Crippen LogP contribution in [0.25, 0.3) is 10.9 Å². The van der Waals surface area contributed by atoms with Gasteiger partial charge in [0, 0.05) is 0 Å². The molecule has 2 rings (SSSR count). The van der Waals surface area contributed by atoms with E-state index in [0.717, 1.165) is 0 Å². The smallest absolute Gasteiger partial charge is 0.307 e. The number of fused-ring (bicyclic) bond motifs is 1. The highest BCUT2D eigenvalue weighted by Crippen LogP contribution is 2.38. The highest BCUT2D eigenvalue weighted by molar-refractivity contribution is 6.33. The zero-order valence-electron chi connectivity index (χ0n) is 12.9. The van der Waals surface area contributed by atoms with Crippen molar-refractivity contribution in [2.45, 2.75) is 40.8 Å². The summed E-state index contributed by atoms with van der Waals surface area (Å²) < 4.78 is 38.1. The number of rotatable bonds is 0. The second-order valence-corrected chi connectivity index (χ2v) is 4.07. The second-order valence-electron chi connectivity index (χ2n) is 3.69. The van der Waals surface area contributed by atoms with Gasteiger partial charge in [-0.25, -0.2) is 4.79 Å². The predicted molar refractivity (Wildman–Crippen MR) is 82.6 cm³/mol. The van der Waals surface area contributed by atoms with Crippen molar-refractivity contribution in [1.29, 1.82) is 0 Å². The summed E-state index contributed by atoms with van der Waals surface area (Å²) in [5.74, 6) is 0. The first kappa shape index (κ1) is 20.2. The van der Waals surface area contributed by atoms with Gasteiger partial charge in [0.15, 0.2) is 0 Å². The fourth-order valence-corrected chi connectivity index (χ4v) is 1.91. The van der Waals surface area contributed by atoms with Crippen molar-refractivity contribution in [2.24, 2.45) is 0 Å². The van der Waals surface area contributed by atoms with Crippen LogP contribution in [0.5, 0.6) is 0 Å². The summed E-state index contributed by atoms with van der Waals surface area (Å²) in [6.07, 6.45) is -4.67. The molecule has 2 N–H and O–H groups in total. The van der Waals surface area contributed by atoms with Gasteiger partial charge in [0.2, 0.25) is 0 Å². The predicted octanol–water partition coefficient (Wildman–Crippen LogP) is 4.25. The van der Waals surface area contributed by atoms with Crippen LogP contribution in [0.4, 0.5) is 13.2 Å². The zero-order valence-corrected chi connectivity index (χ0v) is 13.7. The third kappa shape index (κ3) is 4.13. The third-order valence-electron chi connectivity index (χ3n) is 2.51. The summed E-state index contributed by atoms with van der Waals surface area (Å²) in [5.41, 5.74) is -2.79. The summed E-state index contributed by atoms with van der Waals surface area (Å²) >= 11 is 5.61. The van der Waals surface area contributed by atoms with Gasteiger partial charge in [-0.15, -0.1) is 0 Å². The number of aromatic nitrogens is 2. The van der Waals surface area contributed by atoms with E-state index >= 15 is 0 Å². The van der Waals surface area contributed by atoms with Crippen LogP contribution in [0.15, 0.2) is 15.7 Å². The molecule has 1 heterocycles. The SMILES string of the molecule is CC.CC.Cc1c(Cl)c(C(F)(F)F)cc2c(=O)[nH]c(=O)[nH]c12. The molecule has 124 valence electrons. The van der Waals surface area contributed by atoms with Crippen LogP contribution in [0, 0.1) is 6.92 Å². The maximum atomic E-state index is 12.7. The minimum atomic E-state index is -4.67. The van der Waals surface area contributed by atoms with Gasteiger partial charge in [-0.1, -0.05) is 39.3 Å². The molecular weight excluding hydrogens is 321 g/mol. The number of benzene rings is 1. The Kier molecular flexibility index (Phi) is 7.38. The van der Waals surface area contributed by atoms with Crippen molar-refractivity contribution >= 4 is 22.5 Å². The molecule has 22 heavy (non-hydrogen) atoms. The molecule has 0 radical (unpaired) electrons. The summed E-state index contributed by atoms with van der Waals surface area (Å²) in [6, 6.07) is 0.624. The largest absolute Gasteiger partial charge is 0.417 e. The summed E-state index contributed by atoms with van der Waals surface area (Å²) in [5, 5.41) is -0.792. The Hall–Kier alpha value is -1.76. The molecular formula is C14H18ClF3N2O2. The fraction of sp³-hybridized carbons (Fsp3) is 0.429. The van der Waals surface area contributed by atoms with Crippen molar-refractivity contribution in [3.05, 3.63) is 43.1 Å². The maximum Gasteiger partial charge on any atom is 0.417 e. The van der Waals surface area contributed by atoms with E-state index in [1.165, 1.54) is 6.92 Å². The van der Waals surface area contributed by atoms with Gasteiger partial charge in [-0.3, -0.25) is 9.78 Å². The van der Waals surface area contributed by atoms with Crippen LogP contribution in [-0.2, 0) is 6.18 Å². The minimum absolute atomic E-state index is 0.00162. The summed E-state index contributed by atoms with van der Waals surface area (Å²) in [7, 11) is 0. The fourth-order valence-electron chi connectivity index (χ4n) is 1.66. The Morgan fingerprint density at radius 3 is 2.00 bits per heavy atom. The van der Waals surface area contributed by atoms with Gasteiger partial charge < -0.3 is 4.98 Å². The lowest BCUT2D eigenvalue weighted by molar-refractivity contribution is -0.137. The lowest BCUT2D eigenvalue weighted by Gasteiger charge is -2.12. The average molecular weight is 339 g/mol. The van der Waals surface area contributed by atoms with Gasteiger partial charge in [0.1, 0.15) is 0 Å². The molecule has 0 aliphatic rings. The molecule has 0 bridgehead atoms. The van der Waals surface area contributed by atoms with Gasteiger partial charge in [0.05, 0.1) is 21.5 Å². The molecule has 0 amide bonds. The molecule has 0 saturated heterocycles. The first-order chi connectivity index (χ1) is 10.2. The number of hydrogen-bond donors (Lipinski definition) is 2. The van der Waals surface area contributed by atoms with Crippen LogP contribution < -0.4 is 11.2 Å². The molecule has 0 fully saturated rings. The lowest BCUT2D eigenvalue weighted by Crippen LogP contribution is -2.23. The maximum absolute atomic E-state index is 12.7. The highest BCUT2D eigenvalue weighted by Gasteiger charge is 2.34. The number of alkyl halides is 3. The summed E-state index contributed by atoms with van der Waals surface area (Å²) in [4.78, 5) is 26.6. The van der Waals surface area contributed by atoms with Crippen LogP contribution in [0.1, 0.15) is 38.8 Å². The van der Waals surface area contributed by atoms with Crippen LogP contribution >= 0.6 is 11.6 Å². The van der Waals surface area contributed by atoms with Gasteiger partial charge in [0.25, 0.3) is 5.56 Å². The Morgan fingerprint density at radius 2 is 1.55 bits per heavy atom. The number of halogens is 4. The molecule has 0 saturated carbocycles. The first-order valence-corrected chi connectivity index (χ1v) is 7.12. The van der Waals surface area contributed by atoms with Gasteiger partial charge in [-0.05, 0) is 18.6 Å². The number of H-pyrrole nitrogens is 2. The van der Waals surface area contributed by atoms with Crippen LogP contribution in [0.2, 0.25) is 5.02 Å². The molecule has 0 atom stereocenters. The van der Waals surface area contributed by atoms with Crippen LogP contribution in [-0.4, -0.2) is 9.97 Å². The first-order valence-electron chi connectivity index (χ1n) is 6.74. The third-order valence-corrected chi connectivity index (χ3v) is 3.00. The molecule has 2 aromatic rings. The Morgan fingerprint density at radius 1 is 1.05 bits per heavy atom. The van der Waals surface area contributed by atoms with E-state index in [1.54, 1.807) is 0 Å². The minimum Gasteiger partial charge on any atom is -0.307 e. The molecule has 1 aromatic heterocycles. The standard InChI is InChI=1S/C10H6ClF3N2O2.2C2H6/c1-3-6(11)5(10(12,13)14)2-4-7(3)15-9(18)16-8(4)17;2*1-2/h2H,1H3,(H2,15,16,17,18);2*1-2H3. The molecule has 0 unspecified atom stereocenters.